The van der Waals surface area contributed by atoms with Gasteiger partial charge in [0.05, 0.1) is 6.67 Å². The smallest absolute Gasteiger partial charge is 0.0897 e. The van der Waals surface area contributed by atoms with E-state index in [-0.39, 0.29) is 6.67 Å². The van der Waals surface area contributed by atoms with E-state index in [4.69, 9.17) is 0 Å². The maximum absolute atomic E-state index is 11.4. The molecule has 0 aliphatic heterocycles. The Morgan fingerprint density at radius 2 is 2.14 bits per heavy atom. The lowest BCUT2D eigenvalue weighted by atomic mass is 10.1. The lowest BCUT2D eigenvalue weighted by Crippen LogP contribution is -1.91. The highest BCUT2D eigenvalue weighted by Crippen LogP contribution is 2.04. The predicted octanol–water partition coefficient (Wildman–Crippen LogP) is 2.39. The number of hydrogen-bond donors (Lipinski definition) is 0. The molecule has 0 radical (unpaired) electrons. The summed E-state index contributed by atoms with van der Waals surface area (Å²) in [6, 6.07) is 0. The minimum Gasteiger partial charge on any atom is -0.251 e. The minimum absolute atomic E-state index is 0.158. The second-order valence-electron chi connectivity index (χ2n) is 1.99. The molecule has 0 bridgehead atoms. The van der Waals surface area contributed by atoms with E-state index in [1.807, 2.05) is 0 Å². The third-order valence-corrected chi connectivity index (χ3v) is 1.30. The van der Waals surface area contributed by atoms with Gasteiger partial charge < -0.3 is 0 Å². The molecule has 0 aromatic rings. The Labute approximate surface area is 44.7 Å². The predicted molar refractivity (Wildman–Crippen MR) is 30.0 cm³/mol. The van der Waals surface area contributed by atoms with Gasteiger partial charge in [-0.05, 0) is 12.3 Å². The van der Waals surface area contributed by atoms with E-state index >= 15 is 0 Å². The molecule has 0 N–H and O–H groups in total. The average Bonchev–Trinajstić information content (AvgIpc) is 1.68. The molecule has 0 saturated heterocycles. The molecule has 0 unspecified atom stereocenters. The van der Waals surface area contributed by atoms with Crippen LogP contribution < -0.4 is 0 Å². The normalized spacial score (nSPS) is 14.1. The molecule has 0 heterocycles. The topological polar surface area (TPSA) is 0 Å². The first-order valence-corrected chi connectivity index (χ1v) is 2.87. The average molecular weight is 104 g/mol. The van der Waals surface area contributed by atoms with Crippen LogP contribution in [0.1, 0.15) is 26.7 Å². The van der Waals surface area contributed by atoms with Crippen LogP contribution in [0.5, 0.6) is 0 Å². The molecule has 0 saturated carbocycles. The Kier molecular flexibility index (Phi) is 4.06. The molecule has 1 atom stereocenters. The standard InChI is InChI=1S/C6H13F/c1-3-6(2)4-5-7/h6H,3-5H2,1-2H3/t6-/m1/s1. The Balaban J connectivity index is 2.83. The molecule has 0 amide bonds. The van der Waals surface area contributed by atoms with E-state index in [9.17, 15) is 4.39 Å². The van der Waals surface area contributed by atoms with Gasteiger partial charge in [-0.2, -0.15) is 0 Å². The first kappa shape index (κ1) is 6.93. The van der Waals surface area contributed by atoms with Crippen molar-refractivity contribution >= 4 is 0 Å². The number of rotatable bonds is 3. The lowest BCUT2D eigenvalue weighted by Gasteiger charge is -2.00. The third-order valence-electron chi connectivity index (χ3n) is 1.30. The zero-order valence-electron chi connectivity index (χ0n) is 5.08. The van der Waals surface area contributed by atoms with Crippen molar-refractivity contribution in [1.82, 2.24) is 0 Å². The van der Waals surface area contributed by atoms with Crippen molar-refractivity contribution in [2.45, 2.75) is 26.7 Å². The maximum atomic E-state index is 11.4. The molecule has 7 heavy (non-hydrogen) atoms. The molecular formula is C6H13F. The molecule has 0 nitrogen and oxygen atoms in total. The van der Waals surface area contributed by atoms with Gasteiger partial charge in [-0.15, -0.1) is 0 Å². The molecule has 0 aliphatic carbocycles. The van der Waals surface area contributed by atoms with Crippen LogP contribution in [-0.4, -0.2) is 6.67 Å². The minimum atomic E-state index is -0.158. The molecular weight excluding hydrogens is 91.1 g/mol. The second kappa shape index (κ2) is 4.10. The Bertz CT molecular complexity index is 35.2. The Hall–Kier alpha value is -0.0700. The fourth-order valence-electron chi connectivity index (χ4n) is 0.390. The highest BCUT2D eigenvalue weighted by atomic mass is 19.1. The highest BCUT2D eigenvalue weighted by molar-refractivity contribution is 4.46. The van der Waals surface area contributed by atoms with E-state index in [1.165, 1.54) is 0 Å². The van der Waals surface area contributed by atoms with Crippen LogP contribution in [0.15, 0.2) is 0 Å². The van der Waals surface area contributed by atoms with Crippen molar-refractivity contribution in [2.75, 3.05) is 6.67 Å². The first-order valence-electron chi connectivity index (χ1n) is 2.87. The number of alkyl halides is 1. The van der Waals surface area contributed by atoms with Crippen LogP contribution in [0, 0.1) is 5.92 Å². The van der Waals surface area contributed by atoms with Crippen molar-refractivity contribution in [2.24, 2.45) is 5.92 Å². The van der Waals surface area contributed by atoms with Gasteiger partial charge in [-0.25, -0.2) is 0 Å². The van der Waals surface area contributed by atoms with Gasteiger partial charge in [0.2, 0.25) is 0 Å². The second-order valence-corrected chi connectivity index (χ2v) is 1.99. The van der Waals surface area contributed by atoms with E-state index in [2.05, 4.69) is 13.8 Å². The van der Waals surface area contributed by atoms with Crippen LogP contribution in [0.3, 0.4) is 0 Å². The van der Waals surface area contributed by atoms with Crippen LogP contribution in [0.2, 0.25) is 0 Å². The fraction of sp³-hybridized carbons (Fsp3) is 1.00. The van der Waals surface area contributed by atoms with Gasteiger partial charge >= 0.3 is 0 Å². The SMILES string of the molecule is CC[C@@H](C)CCF. The monoisotopic (exact) mass is 104 g/mol. The van der Waals surface area contributed by atoms with Gasteiger partial charge in [0.1, 0.15) is 0 Å². The summed E-state index contributed by atoms with van der Waals surface area (Å²) in [5, 5.41) is 0. The first-order chi connectivity index (χ1) is 3.31. The summed E-state index contributed by atoms with van der Waals surface area (Å²) in [6.07, 6.45) is 1.83. The molecule has 0 fully saturated rings. The third kappa shape index (κ3) is 3.77. The highest BCUT2D eigenvalue weighted by Gasteiger charge is 1.94. The van der Waals surface area contributed by atoms with Crippen molar-refractivity contribution in [3.05, 3.63) is 0 Å². The summed E-state index contributed by atoms with van der Waals surface area (Å²) in [5.41, 5.74) is 0. The lowest BCUT2D eigenvalue weighted by molar-refractivity contribution is 0.398. The number of hydrogen-bond acceptors (Lipinski definition) is 0. The van der Waals surface area contributed by atoms with Gasteiger partial charge in [-0.3, -0.25) is 4.39 Å². The molecule has 0 spiro atoms. The van der Waals surface area contributed by atoms with Crippen molar-refractivity contribution in [1.29, 1.82) is 0 Å². The molecule has 0 aromatic heterocycles. The van der Waals surface area contributed by atoms with Gasteiger partial charge in [-0.1, -0.05) is 20.3 Å². The number of halogens is 1. The van der Waals surface area contributed by atoms with Crippen LogP contribution in [0.4, 0.5) is 4.39 Å². The van der Waals surface area contributed by atoms with Gasteiger partial charge in [0.25, 0.3) is 0 Å². The van der Waals surface area contributed by atoms with Gasteiger partial charge in [0.15, 0.2) is 0 Å². The molecule has 0 aliphatic rings. The van der Waals surface area contributed by atoms with Crippen molar-refractivity contribution < 1.29 is 4.39 Å². The summed E-state index contributed by atoms with van der Waals surface area (Å²) in [5.74, 6) is 0.574. The molecule has 1 heteroatoms. The Morgan fingerprint density at radius 3 is 2.29 bits per heavy atom. The van der Waals surface area contributed by atoms with E-state index in [1.54, 1.807) is 0 Å². The molecule has 44 valence electrons. The van der Waals surface area contributed by atoms with Crippen LogP contribution >= 0.6 is 0 Å². The van der Waals surface area contributed by atoms with Crippen LogP contribution in [-0.2, 0) is 0 Å². The van der Waals surface area contributed by atoms with Crippen molar-refractivity contribution in [3.63, 3.8) is 0 Å². The maximum Gasteiger partial charge on any atom is 0.0897 e. The van der Waals surface area contributed by atoms with E-state index in [0.717, 1.165) is 12.8 Å². The fourth-order valence-corrected chi connectivity index (χ4v) is 0.390. The van der Waals surface area contributed by atoms with Crippen molar-refractivity contribution in [3.8, 4) is 0 Å². The summed E-state index contributed by atoms with van der Waals surface area (Å²) in [6.45, 7) is 3.99. The summed E-state index contributed by atoms with van der Waals surface area (Å²) >= 11 is 0. The van der Waals surface area contributed by atoms with E-state index in [0.29, 0.717) is 5.92 Å². The zero-order valence-corrected chi connectivity index (χ0v) is 5.08. The van der Waals surface area contributed by atoms with E-state index < -0.39 is 0 Å². The summed E-state index contributed by atoms with van der Waals surface area (Å²) in [7, 11) is 0. The molecule has 0 rings (SSSR count). The van der Waals surface area contributed by atoms with Crippen LogP contribution in [0.25, 0.3) is 0 Å². The molecule has 0 aromatic carbocycles. The summed E-state index contributed by atoms with van der Waals surface area (Å²) < 4.78 is 11.4. The zero-order chi connectivity index (χ0) is 5.70. The largest absolute Gasteiger partial charge is 0.251 e. The summed E-state index contributed by atoms with van der Waals surface area (Å²) in [4.78, 5) is 0. The quantitative estimate of drug-likeness (QED) is 0.515. The van der Waals surface area contributed by atoms with Gasteiger partial charge in [0, 0.05) is 0 Å². The Morgan fingerprint density at radius 1 is 1.57 bits per heavy atom.